The van der Waals surface area contributed by atoms with E-state index in [1.165, 1.54) is 15.9 Å². The van der Waals surface area contributed by atoms with Gasteiger partial charge in [-0.05, 0) is 0 Å². The van der Waals surface area contributed by atoms with Crippen LogP contribution >= 0.6 is 17.0 Å². The molecule has 1 aliphatic heterocycles. The molecule has 1 aliphatic carbocycles. The Morgan fingerprint density at radius 1 is 0.791 bits per heavy atom. The fourth-order valence-electron chi connectivity index (χ4n) is 6.59. The zero-order chi connectivity index (χ0) is 31.1. The molecular weight excluding hydrogens is 701 g/mol. The topological polar surface area (TPSA) is 0 Å². The molecule has 1 unspecified atom stereocenters. The molecule has 0 amide bonds. The summed E-state index contributed by atoms with van der Waals surface area (Å²) in [4.78, 5) is 0. The number of benzene rings is 4. The summed E-state index contributed by atoms with van der Waals surface area (Å²) in [6.07, 6.45) is -7.99. The van der Waals surface area contributed by atoms with E-state index in [2.05, 4.69) is 18.2 Å². The van der Waals surface area contributed by atoms with Crippen molar-refractivity contribution in [2.24, 2.45) is 5.92 Å². The fourth-order valence-corrected chi connectivity index (χ4v) is 23.6. The number of aryl methyl sites for hydroxylation is 1. The Hall–Kier alpha value is -2.12. The summed E-state index contributed by atoms with van der Waals surface area (Å²) in [6.45, 7) is 5.72. The van der Waals surface area contributed by atoms with Crippen LogP contribution in [-0.2, 0) is 30.2 Å². The Morgan fingerprint density at radius 2 is 1.42 bits per heavy atom. The summed E-state index contributed by atoms with van der Waals surface area (Å²) in [6, 6.07) is 19.8. The molecule has 0 spiro atoms. The number of fused-ring (bicyclic) bond motifs is 4. The van der Waals surface area contributed by atoms with Crippen molar-refractivity contribution in [3.63, 3.8) is 0 Å². The predicted octanol–water partition coefficient (Wildman–Crippen LogP) is 8.68. The average molecular weight is 727 g/mol. The van der Waals surface area contributed by atoms with Crippen LogP contribution in [-0.4, -0.2) is 9.52 Å². The molecule has 1 heterocycles. The van der Waals surface area contributed by atoms with Crippen LogP contribution in [0.3, 0.4) is 0 Å². The van der Waals surface area contributed by atoms with Gasteiger partial charge in [0.05, 0.1) is 0 Å². The van der Waals surface area contributed by atoms with Crippen molar-refractivity contribution in [1.29, 1.82) is 0 Å². The van der Waals surface area contributed by atoms with Gasteiger partial charge in [0.2, 0.25) is 0 Å². The molecule has 222 valence electrons. The van der Waals surface area contributed by atoms with E-state index in [1.807, 2.05) is 50.3 Å². The van der Waals surface area contributed by atoms with Crippen LogP contribution in [0.4, 0.5) is 26.3 Å². The zero-order valence-electron chi connectivity index (χ0n) is 23.4. The SMILES string of the molecule is Cc1ccc2c(c1-c1cc(C(F)(F)F)cc(C(F)(F)F)c1)C=C(C(C)C)[CH]2[Zr]([Cl])([Cl])[c]1cccc2c1[SiH2]c1ccccc1-2. The maximum atomic E-state index is 13.8. The van der Waals surface area contributed by atoms with Crippen molar-refractivity contribution < 1.29 is 44.2 Å². The molecule has 0 saturated heterocycles. The van der Waals surface area contributed by atoms with Gasteiger partial charge in [0.1, 0.15) is 0 Å². The summed E-state index contributed by atoms with van der Waals surface area (Å²) in [7, 11) is 14.4. The number of allylic oxidation sites excluding steroid dienone is 1. The second-order valence-corrected chi connectivity index (χ2v) is 27.4. The van der Waals surface area contributed by atoms with Gasteiger partial charge in [0.15, 0.2) is 0 Å². The van der Waals surface area contributed by atoms with Crippen molar-refractivity contribution in [3.8, 4) is 22.3 Å². The Balaban J connectivity index is 1.56. The van der Waals surface area contributed by atoms with E-state index in [4.69, 9.17) is 17.0 Å². The molecule has 4 aromatic carbocycles. The van der Waals surface area contributed by atoms with E-state index in [9.17, 15) is 26.3 Å². The van der Waals surface area contributed by atoms with Crippen molar-refractivity contribution >= 4 is 46.3 Å². The molecule has 0 fully saturated rings. The summed E-state index contributed by atoms with van der Waals surface area (Å²) in [5.41, 5.74) is 2.77. The van der Waals surface area contributed by atoms with Gasteiger partial charge >= 0.3 is 262 Å². The summed E-state index contributed by atoms with van der Waals surface area (Å²) >= 11 is -4.39. The molecule has 0 radical (unpaired) electrons. The van der Waals surface area contributed by atoms with Gasteiger partial charge in [-0.3, -0.25) is 0 Å². The van der Waals surface area contributed by atoms with Gasteiger partial charge in [-0.25, -0.2) is 0 Å². The van der Waals surface area contributed by atoms with Crippen LogP contribution in [0.25, 0.3) is 28.3 Å². The van der Waals surface area contributed by atoms with Crippen LogP contribution in [0.5, 0.6) is 0 Å². The molecule has 0 N–H and O–H groups in total. The van der Waals surface area contributed by atoms with Crippen molar-refractivity contribution in [2.75, 3.05) is 0 Å². The number of hydrogen-bond donors (Lipinski definition) is 0. The van der Waals surface area contributed by atoms with E-state index in [1.54, 1.807) is 13.0 Å². The van der Waals surface area contributed by atoms with Crippen LogP contribution in [0.15, 0.2) is 78.4 Å². The van der Waals surface area contributed by atoms with Crippen LogP contribution in [0.2, 0.25) is 0 Å². The molecule has 4 aromatic rings. The first-order valence-corrected chi connectivity index (χ1v) is 24.2. The third-order valence-corrected chi connectivity index (χ3v) is 22.8. The number of alkyl halides is 6. The van der Waals surface area contributed by atoms with E-state index >= 15 is 0 Å². The van der Waals surface area contributed by atoms with Gasteiger partial charge in [-0.15, -0.1) is 0 Å². The minimum atomic E-state index is -4.95. The standard InChI is InChI=1S/C21H17F6.C12H9Si.2ClH.Zr/c1-11(2)14-6-13-5-4-12(3)19(18(13)9-14)15-7-16(20(22,23)24)10-17(8-15)21(25,26)27;1-3-7-11-9(5-1)10-6-2-4-8-12(10)13-11;;;/h4-11H,1-3H3;1-7H,13H2;2*1H;/q;;;;+2/p-2. The second-order valence-electron chi connectivity index (χ2n) is 11.6. The van der Waals surface area contributed by atoms with E-state index < -0.39 is 50.9 Å². The zero-order valence-corrected chi connectivity index (χ0v) is 28.8. The number of halogens is 8. The molecule has 1 atom stereocenters. The van der Waals surface area contributed by atoms with Gasteiger partial charge < -0.3 is 0 Å². The number of rotatable bonds is 4. The maximum absolute atomic E-state index is 13.8. The van der Waals surface area contributed by atoms with E-state index in [0.29, 0.717) is 16.7 Å². The van der Waals surface area contributed by atoms with Crippen molar-refractivity contribution in [2.45, 2.75) is 36.7 Å². The van der Waals surface area contributed by atoms with E-state index in [-0.39, 0.29) is 21.2 Å². The van der Waals surface area contributed by atoms with Crippen LogP contribution in [0.1, 0.15) is 45.3 Å². The molecule has 43 heavy (non-hydrogen) atoms. The molecule has 0 bridgehead atoms. The summed E-state index contributed by atoms with van der Waals surface area (Å²) in [5.74, 6) is -0.00224. The Kier molecular flexibility index (Phi) is 7.72. The van der Waals surface area contributed by atoms with Crippen molar-refractivity contribution in [1.82, 2.24) is 0 Å². The van der Waals surface area contributed by atoms with Gasteiger partial charge in [0, 0.05) is 0 Å². The van der Waals surface area contributed by atoms with Crippen LogP contribution < -0.4 is 13.6 Å². The monoisotopic (exact) mass is 724 g/mol. The fraction of sp³-hybridized carbons (Fsp3) is 0.212. The molecule has 2 aliphatic rings. The Morgan fingerprint density at radius 3 is 2.05 bits per heavy atom. The molecule has 0 aromatic heterocycles. The molecule has 10 heteroatoms. The van der Waals surface area contributed by atoms with Gasteiger partial charge in [-0.1, -0.05) is 0 Å². The second kappa shape index (κ2) is 10.8. The summed E-state index contributed by atoms with van der Waals surface area (Å²) in [5, 5.41) is 2.57. The number of hydrogen-bond acceptors (Lipinski definition) is 0. The predicted molar refractivity (Wildman–Crippen MR) is 163 cm³/mol. The summed E-state index contributed by atoms with van der Waals surface area (Å²) < 4.78 is 83.5. The Bertz CT molecular complexity index is 1770. The third kappa shape index (κ3) is 5.30. The first-order valence-electron chi connectivity index (χ1n) is 13.8. The first-order chi connectivity index (χ1) is 20.1. The van der Waals surface area contributed by atoms with Crippen molar-refractivity contribution in [3.05, 3.63) is 106 Å². The minimum absolute atomic E-state index is 0.00224. The Labute approximate surface area is 260 Å². The quantitative estimate of drug-likeness (QED) is 0.129. The molecule has 6 rings (SSSR count). The first kappa shape index (κ1) is 30.9. The average Bonchev–Trinajstić information content (AvgIpc) is 3.51. The normalized spacial score (nSPS) is 16.8. The van der Waals surface area contributed by atoms with E-state index in [0.717, 1.165) is 32.1 Å². The van der Waals surface area contributed by atoms with Gasteiger partial charge in [-0.2, -0.15) is 0 Å². The molecular formula is C33H26Cl2F6SiZr. The molecule has 0 nitrogen and oxygen atoms in total. The molecule has 0 saturated carbocycles. The van der Waals surface area contributed by atoms with Crippen LogP contribution in [0, 0.1) is 12.8 Å². The van der Waals surface area contributed by atoms with Gasteiger partial charge in [0.25, 0.3) is 0 Å². The third-order valence-electron chi connectivity index (χ3n) is 8.56.